The van der Waals surface area contributed by atoms with Crippen LogP contribution in [0.2, 0.25) is 5.02 Å². The molecule has 1 aromatic rings. The second-order valence-electron chi connectivity index (χ2n) is 3.76. The zero-order valence-corrected chi connectivity index (χ0v) is 9.57. The fourth-order valence-electron chi connectivity index (χ4n) is 1.44. The molecule has 0 amide bonds. The minimum absolute atomic E-state index is 0.192. The van der Waals surface area contributed by atoms with Crippen molar-refractivity contribution in [1.29, 1.82) is 0 Å². The van der Waals surface area contributed by atoms with Gasteiger partial charge in [0.1, 0.15) is 5.75 Å². The predicted octanol–water partition coefficient (Wildman–Crippen LogP) is 3.78. The van der Waals surface area contributed by atoms with Crippen LogP contribution in [-0.2, 0) is 6.42 Å². The number of hydrogen-bond acceptors (Lipinski definition) is 1. The number of aryl methyl sites for hydroxylation is 1. The predicted molar refractivity (Wildman–Crippen MR) is 61.1 cm³/mol. The van der Waals surface area contributed by atoms with Crippen LogP contribution >= 0.6 is 11.6 Å². The molecule has 76 valence electrons. The average molecular weight is 211 g/mol. The van der Waals surface area contributed by atoms with Crippen LogP contribution in [0, 0.1) is 13.8 Å². The maximum absolute atomic E-state index is 9.78. The van der Waals surface area contributed by atoms with E-state index in [9.17, 15) is 5.11 Å². The van der Waals surface area contributed by atoms with Crippen molar-refractivity contribution >= 4 is 11.6 Å². The molecule has 0 aliphatic rings. The van der Waals surface area contributed by atoms with Gasteiger partial charge in [-0.2, -0.15) is 0 Å². The second-order valence-corrected chi connectivity index (χ2v) is 4.17. The van der Waals surface area contributed by atoms with E-state index >= 15 is 0 Å². The molecule has 0 spiro atoms. The molecular formula is C12H15ClO. The number of phenolic OH excluding ortho intramolecular Hbond substituents is 1. The zero-order chi connectivity index (χ0) is 10.9. The second kappa shape index (κ2) is 4.05. The van der Waals surface area contributed by atoms with E-state index in [4.69, 9.17) is 11.6 Å². The molecule has 0 unspecified atom stereocenters. The van der Waals surface area contributed by atoms with Gasteiger partial charge in [0.25, 0.3) is 0 Å². The quantitative estimate of drug-likeness (QED) is 0.737. The van der Waals surface area contributed by atoms with Crippen LogP contribution in [0.1, 0.15) is 23.6 Å². The SMILES string of the molecule is C=C(C)Cc1c(C)c(C)cc(Cl)c1O. The van der Waals surface area contributed by atoms with E-state index in [1.165, 1.54) is 0 Å². The Bertz CT molecular complexity index is 354. The number of allylic oxidation sites excluding steroid dienone is 1. The standard InChI is InChI=1S/C12H15ClO/c1-7(2)5-10-9(4)8(3)6-11(13)12(10)14/h6,14H,1,5H2,2-4H3. The van der Waals surface area contributed by atoms with Crippen LogP contribution in [0.15, 0.2) is 18.2 Å². The Labute approximate surface area is 90.0 Å². The summed E-state index contributed by atoms with van der Waals surface area (Å²) in [4.78, 5) is 0. The van der Waals surface area contributed by atoms with Crippen molar-refractivity contribution in [2.45, 2.75) is 27.2 Å². The fourth-order valence-corrected chi connectivity index (χ4v) is 1.72. The summed E-state index contributed by atoms with van der Waals surface area (Å²) in [7, 11) is 0. The van der Waals surface area contributed by atoms with Crippen LogP contribution < -0.4 is 0 Å². The van der Waals surface area contributed by atoms with Crippen molar-refractivity contribution in [2.75, 3.05) is 0 Å². The molecule has 14 heavy (non-hydrogen) atoms. The van der Waals surface area contributed by atoms with Gasteiger partial charge >= 0.3 is 0 Å². The summed E-state index contributed by atoms with van der Waals surface area (Å²) >= 11 is 5.89. The molecule has 0 atom stereocenters. The highest BCUT2D eigenvalue weighted by atomic mass is 35.5. The van der Waals surface area contributed by atoms with Gasteiger partial charge in [-0.1, -0.05) is 23.8 Å². The Hall–Kier alpha value is -0.950. The molecule has 1 nitrogen and oxygen atoms in total. The highest BCUT2D eigenvalue weighted by Crippen LogP contribution is 2.33. The van der Waals surface area contributed by atoms with Gasteiger partial charge in [-0.15, -0.1) is 0 Å². The Kier molecular flexibility index (Phi) is 3.22. The first kappa shape index (κ1) is 11.1. The van der Waals surface area contributed by atoms with Gasteiger partial charge in [0, 0.05) is 5.56 Å². The molecule has 1 rings (SSSR count). The highest BCUT2D eigenvalue weighted by molar-refractivity contribution is 6.32. The maximum Gasteiger partial charge on any atom is 0.137 e. The van der Waals surface area contributed by atoms with E-state index in [1.54, 1.807) is 6.07 Å². The minimum Gasteiger partial charge on any atom is -0.506 e. The molecule has 0 aromatic heterocycles. The molecule has 2 heteroatoms. The smallest absolute Gasteiger partial charge is 0.137 e. The third kappa shape index (κ3) is 2.10. The first-order valence-electron chi connectivity index (χ1n) is 4.55. The van der Waals surface area contributed by atoms with Gasteiger partial charge in [0.15, 0.2) is 0 Å². The summed E-state index contributed by atoms with van der Waals surface area (Å²) < 4.78 is 0. The lowest BCUT2D eigenvalue weighted by Crippen LogP contribution is -1.95. The van der Waals surface area contributed by atoms with Crippen LogP contribution in [0.4, 0.5) is 0 Å². The normalized spacial score (nSPS) is 10.3. The lowest BCUT2D eigenvalue weighted by molar-refractivity contribution is 0.468. The summed E-state index contributed by atoms with van der Waals surface area (Å²) in [6.07, 6.45) is 0.680. The third-order valence-electron chi connectivity index (χ3n) is 2.38. The van der Waals surface area contributed by atoms with Gasteiger partial charge in [-0.25, -0.2) is 0 Å². The minimum atomic E-state index is 0.192. The number of phenols is 1. The van der Waals surface area contributed by atoms with E-state index < -0.39 is 0 Å². The number of halogens is 1. The number of hydrogen-bond donors (Lipinski definition) is 1. The number of rotatable bonds is 2. The van der Waals surface area contributed by atoms with E-state index in [2.05, 4.69) is 6.58 Å². The van der Waals surface area contributed by atoms with Crippen molar-refractivity contribution in [3.8, 4) is 5.75 Å². The molecule has 0 radical (unpaired) electrons. The first-order valence-corrected chi connectivity index (χ1v) is 4.93. The lowest BCUT2D eigenvalue weighted by Gasteiger charge is -2.12. The maximum atomic E-state index is 9.78. The van der Waals surface area contributed by atoms with E-state index in [0.717, 1.165) is 22.3 Å². The van der Waals surface area contributed by atoms with E-state index in [1.807, 2.05) is 20.8 Å². The summed E-state index contributed by atoms with van der Waals surface area (Å²) in [5.74, 6) is 0.192. The topological polar surface area (TPSA) is 20.2 Å². The average Bonchev–Trinajstić information content (AvgIpc) is 2.09. The summed E-state index contributed by atoms with van der Waals surface area (Å²) in [6, 6.07) is 1.79. The van der Waals surface area contributed by atoms with Crippen molar-refractivity contribution in [3.05, 3.63) is 39.9 Å². The van der Waals surface area contributed by atoms with Gasteiger partial charge in [0.2, 0.25) is 0 Å². The first-order chi connectivity index (χ1) is 6.43. The molecule has 0 aliphatic carbocycles. The van der Waals surface area contributed by atoms with Crippen molar-refractivity contribution in [1.82, 2.24) is 0 Å². The molecule has 0 bridgehead atoms. The van der Waals surface area contributed by atoms with Crippen LogP contribution in [0.25, 0.3) is 0 Å². The van der Waals surface area contributed by atoms with Gasteiger partial charge < -0.3 is 5.11 Å². The van der Waals surface area contributed by atoms with E-state index in [0.29, 0.717) is 11.4 Å². The van der Waals surface area contributed by atoms with Crippen molar-refractivity contribution in [3.63, 3.8) is 0 Å². The molecule has 0 saturated heterocycles. The third-order valence-corrected chi connectivity index (χ3v) is 2.67. The molecule has 1 aromatic carbocycles. The largest absolute Gasteiger partial charge is 0.506 e. The number of aromatic hydroxyl groups is 1. The van der Waals surface area contributed by atoms with Gasteiger partial charge in [-0.3, -0.25) is 0 Å². The van der Waals surface area contributed by atoms with Crippen LogP contribution in [0.5, 0.6) is 5.75 Å². The molecule has 0 fully saturated rings. The van der Waals surface area contributed by atoms with Crippen molar-refractivity contribution < 1.29 is 5.11 Å². The monoisotopic (exact) mass is 210 g/mol. The summed E-state index contributed by atoms with van der Waals surface area (Å²) in [6.45, 7) is 9.76. The summed E-state index contributed by atoms with van der Waals surface area (Å²) in [5, 5.41) is 10.2. The Morgan fingerprint density at radius 3 is 2.57 bits per heavy atom. The Morgan fingerprint density at radius 1 is 1.50 bits per heavy atom. The Morgan fingerprint density at radius 2 is 2.07 bits per heavy atom. The fraction of sp³-hybridized carbons (Fsp3) is 0.333. The summed E-state index contributed by atoms with van der Waals surface area (Å²) in [5.41, 5.74) is 4.10. The van der Waals surface area contributed by atoms with Crippen LogP contribution in [-0.4, -0.2) is 5.11 Å². The highest BCUT2D eigenvalue weighted by Gasteiger charge is 2.11. The Balaban J connectivity index is 3.31. The van der Waals surface area contributed by atoms with E-state index in [-0.39, 0.29) is 5.75 Å². The molecule has 0 saturated carbocycles. The van der Waals surface area contributed by atoms with Gasteiger partial charge in [0.05, 0.1) is 5.02 Å². The van der Waals surface area contributed by atoms with Crippen LogP contribution in [0.3, 0.4) is 0 Å². The van der Waals surface area contributed by atoms with Gasteiger partial charge in [-0.05, 0) is 44.4 Å². The zero-order valence-electron chi connectivity index (χ0n) is 8.82. The van der Waals surface area contributed by atoms with Crippen molar-refractivity contribution in [2.24, 2.45) is 0 Å². The lowest BCUT2D eigenvalue weighted by atomic mass is 9.97. The number of benzene rings is 1. The molecule has 1 N–H and O–H groups in total. The molecular weight excluding hydrogens is 196 g/mol. The molecule has 0 aliphatic heterocycles. The molecule has 0 heterocycles.